The van der Waals surface area contributed by atoms with Crippen LogP contribution in [0.3, 0.4) is 0 Å². The molecule has 7 heteroatoms. The molecule has 4 aromatic rings. The minimum atomic E-state index is 0.543. The Kier molecular flexibility index (Phi) is 5.25. The molecule has 0 spiro atoms. The molecule has 4 rings (SSSR count). The van der Waals surface area contributed by atoms with Gasteiger partial charge in [0.2, 0.25) is 5.88 Å². The molecule has 0 unspecified atom stereocenters. The molecule has 1 N–H and O–H groups in total. The molecule has 0 aliphatic rings. The normalized spacial score (nSPS) is 11.2. The second-order valence-corrected chi connectivity index (χ2v) is 6.81. The Hall–Kier alpha value is -3.32. The average molecular weight is 374 g/mol. The maximum Gasteiger partial charge on any atom is 0.232 e. The number of nitrogens with one attached hydrogen (secondary N) is 1. The van der Waals surface area contributed by atoms with Crippen LogP contribution in [0.4, 0.5) is 0 Å². The van der Waals surface area contributed by atoms with E-state index < -0.39 is 0 Å². The van der Waals surface area contributed by atoms with Crippen molar-refractivity contribution in [3.8, 4) is 28.4 Å². The van der Waals surface area contributed by atoms with Crippen LogP contribution in [-0.4, -0.2) is 57.1 Å². The van der Waals surface area contributed by atoms with Gasteiger partial charge in [-0.05, 0) is 38.7 Å². The Morgan fingerprint density at radius 2 is 2.00 bits per heavy atom. The van der Waals surface area contributed by atoms with E-state index in [-0.39, 0.29) is 0 Å². The molecule has 28 heavy (non-hydrogen) atoms. The van der Waals surface area contributed by atoms with Gasteiger partial charge in [0.15, 0.2) is 0 Å². The Labute approximate surface area is 163 Å². The lowest BCUT2D eigenvalue weighted by Crippen LogP contribution is -2.15. The Balaban J connectivity index is 1.60. The number of fused-ring (bicyclic) bond motifs is 1. The summed E-state index contributed by atoms with van der Waals surface area (Å²) in [6.45, 7) is 1.59. The highest BCUT2D eigenvalue weighted by molar-refractivity contribution is 5.96. The lowest BCUT2D eigenvalue weighted by atomic mass is 10.1. The summed E-state index contributed by atoms with van der Waals surface area (Å²) < 4.78 is 5.76. The zero-order valence-electron chi connectivity index (χ0n) is 16.0. The van der Waals surface area contributed by atoms with Gasteiger partial charge in [-0.2, -0.15) is 0 Å². The summed E-state index contributed by atoms with van der Waals surface area (Å²) in [6.07, 6.45) is 9.61. The van der Waals surface area contributed by atoms with Crippen LogP contribution in [0.15, 0.2) is 55.4 Å². The predicted molar refractivity (Wildman–Crippen MR) is 109 cm³/mol. The highest BCUT2D eigenvalue weighted by Crippen LogP contribution is 2.30. The number of rotatable bonds is 7. The molecular weight excluding hydrogens is 352 g/mol. The van der Waals surface area contributed by atoms with Crippen molar-refractivity contribution in [3.05, 3.63) is 55.4 Å². The number of aromatic nitrogens is 5. The minimum absolute atomic E-state index is 0.543. The van der Waals surface area contributed by atoms with Crippen LogP contribution in [0, 0.1) is 0 Å². The van der Waals surface area contributed by atoms with Crippen molar-refractivity contribution in [3.63, 3.8) is 0 Å². The fourth-order valence-electron chi connectivity index (χ4n) is 3.06. The quantitative estimate of drug-likeness (QED) is 0.499. The van der Waals surface area contributed by atoms with E-state index in [0.717, 1.165) is 46.4 Å². The van der Waals surface area contributed by atoms with Crippen molar-refractivity contribution in [2.75, 3.05) is 27.2 Å². The molecule has 7 nitrogen and oxygen atoms in total. The molecule has 0 atom stereocenters. The summed E-state index contributed by atoms with van der Waals surface area (Å²) in [6, 6.07) is 8.07. The van der Waals surface area contributed by atoms with Gasteiger partial charge in [0, 0.05) is 41.0 Å². The molecule has 142 valence electrons. The Morgan fingerprint density at radius 1 is 1.07 bits per heavy atom. The van der Waals surface area contributed by atoms with Gasteiger partial charge in [-0.3, -0.25) is 4.98 Å². The standard InChI is InChI=1S/C21H22N6O/c1-27(2)8-3-9-28-21-13-23-12-20(26-21)15-4-5-18-16(10-15)17(11-24-18)19-6-7-22-14-25-19/h4-7,10-14,24H,3,8-9H2,1-2H3. The van der Waals surface area contributed by atoms with Gasteiger partial charge >= 0.3 is 0 Å². The monoisotopic (exact) mass is 374 g/mol. The first-order valence-corrected chi connectivity index (χ1v) is 9.18. The smallest absolute Gasteiger partial charge is 0.232 e. The number of H-pyrrole nitrogens is 1. The number of aromatic amines is 1. The van der Waals surface area contributed by atoms with Crippen LogP contribution in [0.1, 0.15) is 6.42 Å². The first kappa shape index (κ1) is 18.1. The van der Waals surface area contributed by atoms with E-state index >= 15 is 0 Å². The maximum absolute atomic E-state index is 5.76. The summed E-state index contributed by atoms with van der Waals surface area (Å²) in [7, 11) is 4.10. The first-order chi connectivity index (χ1) is 13.7. The van der Waals surface area contributed by atoms with E-state index in [1.54, 1.807) is 24.9 Å². The van der Waals surface area contributed by atoms with Gasteiger partial charge in [-0.15, -0.1) is 0 Å². The van der Waals surface area contributed by atoms with Gasteiger partial charge in [0.1, 0.15) is 6.33 Å². The molecule has 0 radical (unpaired) electrons. The summed E-state index contributed by atoms with van der Waals surface area (Å²) in [4.78, 5) is 22.7. The largest absolute Gasteiger partial charge is 0.477 e. The molecule has 3 aromatic heterocycles. The first-order valence-electron chi connectivity index (χ1n) is 9.18. The van der Waals surface area contributed by atoms with E-state index in [9.17, 15) is 0 Å². The number of nitrogens with zero attached hydrogens (tertiary/aromatic N) is 5. The Morgan fingerprint density at radius 3 is 2.82 bits per heavy atom. The number of hydrogen-bond acceptors (Lipinski definition) is 6. The third-order valence-electron chi connectivity index (χ3n) is 4.45. The molecule has 1 aromatic carbocycles. The number of ether oxygens (including phenoxy) is 1. The van der Waals surface area contributed by atoms with Crippen molar-refractivity contribution in [1.82, 2.24) is 29.8 Å². The van der Waals surface area contributed by atoms with Crippen molar-refractivity contribution in [2.24, 2.45) is 0 Å². The summed E-state index contributed by atoms with van der Waals surface area (Å²) in [5, 5.41) is 1.08. The molecule has 3 heterocycles. The van der Waals surface area contributed by atoms with Crippen LogP contribution < -0.4 is 4.74 Å². The molecule has 0 saturated carbocycles. The van der Waals surface area contributed by atoms with E-state index in [2.05, 4.69) is 35.9 Å². The fraction of sp³-hybridized carbons (Fsp3) is 0.238. The SMILES string of the molecule is CN(C)CCCOc1cncc(-c2ccc3[nH]cc(-c4ccncn4)c3c2)n1. The molecule has 0 fully saturated rings. The molecule has 0 aliphatic carbocycles. The molecule has 0 aliphatic heterocycles. The van der Waals surface area contributed by atoms with Gasteiger partial charge < -0.3 is 14.6 Å². The summed E-state index contributed by atoms with van der Waals surface area (Å²) in [5.41, 5.74) is 4.71. The van der Waals surface area contributed by atoms with Crippen LogP contribution in [0.25, 0.3) is 33.4 Å². The zero-order chi connectivity index (χ0) is 19.3. The van der Waals surface area contributed by atoms with Crippen molar-refractivity contribution in [2.45, 2.75) is 6.42 Å². The highest BCUT2D eigenvalue weighted by Gasteiger charge is 2.10. The van der Waals surface area contributed by atoms with Crippen molar-refractivity contribution < 1.29 is 4.74 Å². The van der Waals surface area contributed by atoms with E-state index in [4.69, 9.17) is 4.74 Å². The topological polar surface area (TPSA) is 79.8 Å². The van der Waals surface area contributed by atoms with Crippen molar-refractivity contribution >= 4 is 10.9 Å². The second-order valence-electron chi connectivity index (χ2n) is 6.81. The average Bonchev–Trinajstić information content (AvgIpc) is 3.15. The van der Waals surface area contributed by atoms with Crippen molar-refractivity contribution in [1.29, 1.82) is 0 Å². The summed E-state index contributed by atoms with van der Waals surface area (Å²) in [5.74, 6) is 0.543. The van der Waals surface area contributed by atoms with E-state index in [1.807, 2.05) is 38.5 Å². The van der Waals surface area contributed by atoms with Gasteiger partial charge in [-0.1, -0.05) is 6.07 Å². The third kappa shape index (κ3) is 3.99. The number of benzene rings is 1. The van der Waals surface area contributed by atoms with Crippen LogP contribution in [0.5, 0.6) is 5.88 Å². The molecule has 0 amide bonds. The molecule has 0 bridgehead atoms. The van der Waals surface area contributed by atoms with Gasteiger partial charge in [0.05, 0.1) is 30.4 Å². The third-order valence-corrected chi connectivity index (χ3v) is 4.45. The van der Waals surface area contributed by atoms with Gasteiger partial charge in [0.25, 0.3) is 0 Å². The zero-order valence-corrected chi connectivity index (χ0v) is 16.0. The maximum atomic E-state index is 5.76. The second kappa shape index (κ2) is 8.14. The van der Waals surface area contributed by atoms with Crippen LogP contribution >= 0.6 is 0 Å². The highest BCUT2D eigenvalue weighted by atomic mass is 16.5. The Bertz CT molecular complexity index is 1060. The lowest BCUT2D eigenvalue weighted by molar-refractivity contribution is 0.272. The molecular formula is C21H22N6O. The number of hydrogen-bond donors (Lipinski definition) is 1. The predicted octanol–water partition coefficient (Wildman–Crippen LogP) is 3.41. The minimum Gasteiger partial charge on any atom is -0.477 e. The van der Waals surface area contributed by atoms with E-state index in [1.165, 1.54) is 0 Å². The lowest BCUT2D eigenvalue weighted by Gasteiger charge is -2.10. The van der Waals surface area contributed by atoms with Crippen LogP contribution in [0.2, 0.25) is 0 Å². The fourth-order valence-corrected chi connectivity index (χ4v) is 3.06. The van der Waals surface area contributed by atoms with E-state index in [0.29, 0.717) is 12.5 Å². The molecule has 0 saturated heterocycles. The van der Waals surface area contributed by atoms with Crippen LogP contribution in [-0.2, 0) is 0 Å². The summed E-state index contributed by atoms with van der Waals surface area (Å²) >= 11 is 0. The van der Waals surface area contributed by atoms with Gasteiger partial charge in [-0.25, -0.2) is 15.0 Å².